The Morgan fingerprint density at radius 3 is 2.60 bits per heavy atom. The number of methoxy groups -OCH3 is 1. The molecule has 0 aromatic heterocycles. The smallest absolute Gasteiger partial charge is 0.223 e. The number of hydrogen-bond acceptors (Lipinski definition) is 3. The summed E-state index contributed by atoms with van der Waals surface area (Å²) in [6.07, 6.45) is 0.273. The molecule has 5 nitrogen and oxygen atoms in total. The lowest BCUT2D eigenvalue weighted by Crippen LogP contribution is -2.36. The average molecular weight is 278 g/mol. The number of amides is 2. The summed E-state index contributed by atoms with van der Waals surface area (Å²) in [5, 5.41) is 2.81. The monoisotopic (exact) mass is 278 g/mol. The molecule has 5 heteroatoms. The molecule has 0 bridgehead atoms. The molecule has 0 aliphatic heterocycles. The molecule has 0 saturated carbocycles. The van der Waals surface area contributed by atoms with Gasteiger partial charge < -0.3 is 15.0 Å². The molecule has 110 valence electrons. The van der Waals surface area contributed by atoms with Crippen LogP contribution in [0.25, 0.3) is 0 Å². The van der Waals surface area contributed by atoms with Crippen LogP contribution in [0.2, 0.25) is 0 Å². The van der Waals surface area contributed by atoms with Gasteiger partial charge in [-0.25, -0.2) is 0 Å². The zero-order valence-corrected chi connectivity index (χ0v) is 12.5. The highest BCUT2D eigenvalue weighted by molar-refractivity contribution is 5.92. The van der Waals surface area contributed by atoms with Crippen LogP contribution in [0, 0.1) is 0 Å². The van der Waals surface area contributed by atoms with E-state index in [2.05, 4.69) is 5.32 Å². The summed E-state index contributed by atoms with van der Waals surface area (Å²) in [4.78, 5) is 25.0. The van der Waals surface area contributed by atoms with E-state index in [9.17, 15) is 9.59 Å². The molecule has 0 aliphatic rings. The molecule has 0 unspecified atom stereocenters. The second kappa shape index (κ2) is 7.53. The zero-order chi connectivity index (χ0) is 15.1. The minimum Gasteiger partial charge on any atom is -0.497 e. The van der Waals surface area contributed by atoms with Gasteiger partial charge in [0.15, 0.2) is 0 Å². The van der Waals surface area contributed by atoms with E-state index in [1.807, 2.05) is 32.0 Å². The van der Waals surface area contributed by atoms with Crippen LogP contribution < -0.4 is 15.0 Å². The van der Waals surface area contributed by atoms with Crippen LogP contribution in [0.1, 0.15) is 27.2 Å². The standard InChI is InChI=1S/C15H22N2O3/c1-11(2)16-15(19)8-9-17(12(3)18)13-6-5-7-14(10-13)20-4/h5-7,10-11H,8-9H2,1-4H3,(H,16,19). The summed E-state index contributed by atoms with van der Waals surface area (Å²) in [5.41, 5.74) is 0.731. The van der Waals surface area contributed by atoms with Gasteiger partial charge in [-0.15, -0.1) is 0 Å². The van der Waals surface area contributed by atoms with Crippen molar-refractivity contribution < 1.29 is 14.3 Å². The lowest BCUT2D eigenvalue weighted by atomic mass is 10.2. The predicted molar refractivity (Wildman–Crippen MR) is 78.9 cm³/mol. The predicted octanol–water partition coefficient (Wildman–Crippen LogP) is 1.96. The third-order valence-corrected chi connectivity index (χ3v) is 2.76. The van der Waals surface area contributed by atoms with E-state index in [0.717, 1.165) is 5.69 Å². The number of ether oxygens (including phenoxy) is 1. The summed E-state index contributed by atoms with van der Waals surface area (Å²) in [7, 11) is 1.58. The first-order valence-electron chi connectivity index (χ1n) is 6.65. The Balaban J connectivity index is 2.74. The van der Waals surface area contributed by atoms with Gasteiger partial charge in [0.2, 0.25) is 11.8 Å². The minimum absolute atomic E-state index is 0.0610. The number of anilines is 1. The van der Waals surface area contributed by atoms with E-state index >= 15 is 0 Å². The Bertz CT molecular complexity index is 472. The summed E-state index contributed by atoms with van der Waals surface area (Å²) in [5.74, 6) is 0.519. The summed E-state index contributed by atoms with van der Waals surface area (Å²) < 4.78 is 5.15. The van der Waals surface area contributed by atoms with Gasteiger partial charge in [0.1, 0.15) is 5.75 Å². The van der Waals surface area contributed by atoms with Crippen molar-refractivity contribution in [1.29, 1.82) is 0 Å². The Hall–Kier alpha value is -2.04. The summed E-state index contributed by atoms with van der Waals surface area (Å²) >= 11 is 0. The minimum atomic E-state index is -0.101. The molecule has 0 radical (unpaired) electrons. The van der Waals surface area contributed by atoms with E-state index < -0.39 is 0 Å². The van der Waals surface area contributed by atoms with Crippen LogP contribution in [0.5, 0.6) is 5.75 Å². The Kier molecular flexibility index (Phi) is 6.03. The Labute approximate surface area is 119 Å². The van der Waals surface area contributed by atoms with Gasteiger partial charge in [-0.05, 0) is 26.0 Å². The molecule has 0 saturated heterocycles. The third kappa shape index (κ3) is 4.91. The lowest BCUT2D eigenvalue weighted by molar-refractivity contribution is -0.121. The Morgan fingerprint density at radius 1 is 1.35 bits per heavy atom. The van der Waals surface area contributed by atoms with Crippen molar-refractivity contribution in [2.24, 2.45) is 0 Å². The largest absolute Gasteiger partial charge is 0.497 e. The molecule has 0 spiro atoms. The molecular formula is C15H22N2O3. The topological polar surface area (TPSA) is 58.6 Å². The number of carbonyl (C=O) groups excluding carboxylic acids is 2. The fourth-order valence-corrected chi connectivity index (χ4v) is 1.85. The van der Waals surface area contributed by atoms with Crippen LogP contribution in [0.15, 0.2) is 24.3 Å². The molecule has 1 aromatic carbocycles. The van der Waals surface area contributed by atoms with Crippen molar-refractivity contribution >= 4 is 17.5 Å². The number of rotatable bonds is 6. The van der Waals surface area contributed by atoms with Crippen LogP contribution in [0.4, 0.5) is 5.69 Å². The molecular weight excluding hydrogens is 256 g/mol. The highest BCUT2D eigenvalue weighted by atomic mass is 16.5. The van der Waals surface area contributed by atoms with Crippen molar-refractivity contribution in [3.63, 3.8) is 0 Å². The van der Waals surface area contributed by atoms with E-state index in [1.54, 1.807) is 18.1 Å². The van der Waals surface area contributed by atoms with Gasteiger partial charge in [-0.1, -0.05) is 6.07 Å². The molecule has 0 heterocycles. The normalized spacial score (nSPS) is 10.2. The Morgan fingerprint density at radius 2 is 2.05 bits per heavy atom. The second-order valence-electron chi connectivity index (χ2n) is 4.84. The van der Waals surface area contributed by atoms with Crippen LogP contribution in [0.3, 0.4) is 0 Å². The van der Waals surface area contributed by atoms with Gasteiger partial charge in [0.25, 0.3) is 0 Å². The quantitative estimate of drug-likeness (QED) is 0.865. The van der Waals surface area contributed by atoms with Gasteiger partial charge >= 0.3 is 0 Å². The molecule has 0 aliphatic carbocycles. The fourth-order valence-electron chi connectivity index (χ4n) is 1.85. The van der Waals surface area contributed by atoms with Crippen LogP contribution in [-0.2, 0) is 9.59 Å². The number of benzene rings is 1. The fraction of sp³-hybridized carbons (Fsp3) is 0.467. The van der Waals surface area contributed by atoms with Crippen molar-refractivity contribution in [2.75, 3.05) is 18.6 Å². The highest BCUT2D eigenvalue weighted by Gasteiger charge is 2.14. The number of hydrogen-bond donors (Lipinski definition) is 1. The van der Waals surface area contributed by atoms with Crippen LogP contribution in [-0.4, -0.2) is 31.5 Å². The lowest BCUT2D eigenvalue weighted by Gasteiger charge is -2.21. The van der Waals surface area contributed by atoms with Gasteiger partial charge in [0.05, 0.1) is 7.11 Å². The summed E-state index contributed by atoms with van der Waals surface area (Å²) in [6.45, 7) is 5.65. The molecule has 2 amide bonds. The molecule has 1 rings (SSSR count). The van der Waals surface area contributed by atoms with E-state index in [-0.39, 0.29) is 24.3 Å². The first-order valence-corrected chi connectivity index (χ1v) is 6.65. The van der Waals surface area contributed by atoms with Crippen molar-refractivity contribution in [1.82, 2.24) is 5.32 Å². The molecule has 20 heavy (non-hydrogen) atoms. The van der Waals surface area contributed by atoms with Gasteiger partial charge in [-0.3, -0.25) is 9.59 Å². The van der Waals surface area contributed by atoms with E-state index in [0.29, 0.717) is 12.3 Å². The number of nitrogens with one attached hydrogen (secondary N) is 1. The van der Waals surface area contributed by atoms with E-state index in [4.69, 9.17) is 4.74 Å². The SMILES string of the molecule is COc1cccc(N(CCC(=O)NC(C)C)C(C)=O)c1. The van der Waals surface area contributed by atoms with Crippen molar-refractivity contribution in [3.8, 4) is 5.75 Å². The molecule has 1 N–H and O–H groups in total. The maximum absolute atomic E-state index is 11.7. The van der Waals surface area contributed by atoms with E-state index in [1.165, 1.54) is 6.92 Å². The molecule has 0 fully saturated rings. The maximum Gasteiger partial charge on any atom is 0.223 e. The number of nitrogens with zero attached hydrogens (tertiary/aromatic N) is 1. The zero-order valence-electron chi connectivity index (χ0n) is 12.5. The second-order valence-corrected chi connectivity index (χ2v) is 4.84. The molecule has 1 aromatic rings. The van der Waals surface area contributed by atoms with Crippen LogP contribution >= 0.6 is 0 Å². The highest BCUT2D eigenvalue weighted by Crippen LogP contribution is 2.21. The number of carbonyl (C=O) groups is 2. The first-order chi connectivity index (χ1) is 9.43. The first kappa shape index (κ1) is 16.0. The third-order valence-electron chi connectivity index (χ3n) is 2.76. The van der Waals surface area contributed by atoms with Gasteiger partial charge in [0, 0.05) is 37.7 Å². The van der Waals surface area contributed by atoms with Crippen molar-refractivity contribution in [3.05, 3.63) is 24.3 Å². The molecule has 0 atom stereocenters. The summed E-state index contributed by atoms with van der Waals surface area (Å²) in [6, 6.07) is 7.34. The maximum atomic E-state index is 11.7. The van der Waals surface area contributed by atoms with Gasteiger partial charge in [-0.2, -0.15) is 0 Å². The average Bonchev–Trinajstić information content (AvgIpc) is 2.38. The van der Waals surface area contributed by atoms with Crippen molar-refractivity contribution in [2.45, 2.75) is 33.2 Å².